The number of nitrogens with zero attached hydrogens (tertiary/aromatic N) is 1. The smallest absolute Gasteiger partial charge is 0.416 e. The van der Waals surface area contributed by atoms with Crippen molar-refractivity contribution in [3.63, 3.8) is 0 Å². The second-order valence-electron chi connectivity index (χ2n) is 9.30. The molecule has 0 aliphatic carbocycles. The lowest BCUT2D eigenvalue weighted by Gasteiger charge is -2.29. The number of anilines is 1. The van der Waals surface area contributed by atoms with Crippen molar-refractivity contribution in [3.8, 4) is 11.5 Å². The third-order valence-corrected chi connectivity index (χ3v) is 7.74. The van der Waals surface area contributed by atoms with Gasteiger partial charge in [-0.25, -0.2) is 9.59 Å². The minimum absolute atomic E-state index is 0.0111. The molecule has 3 aromatic rings. The molecule has 1 aromatic heterocycles. The number of carboxylic acid groups (broad SMARTS) is 1. The number of ether oxygens (including phenoxy) is 3. The molecular weight excluding hydrogens is 670 g/mol. The maximum Gasteiger partial charge on any atom is 0.416 e. The van der Waals surface area contributed by atoms with Gasteiger partial charge in [0.15, 0.2) is 6.10 Å². The molecule has 0 fully saturated rings. The number of hydrogen-bond acceptors (Lipinski definition) is 7. The van der Waals surface area contributed by atoms with Gasteiger partial charge >= 0.3 is 18.1 Å². The molecule has 1 amide bonds. The maximum absolute atomic E-state index is 12.7. The van der Waals surface area contributed by atoms with E-state index in [1.807, 2.05) is 20.8 Å². The predicted octanol–water partition coefficient (Wildman–Crippen LogP) is 8.41. The number of esters is 1. The first-order valence-electron chi connectivity index (χ1n) is 12.7. The number of carboxylic acids is 1. The van der Waals surface area contributed by atoms with Crippen LogP contribution in [0, 0.1) is 13.8 Å². The Balaban J connectivity index is 0.000000342. The number of carbonyl (C=O) groups excluding carboxylic acids is 2. The molecule has 0 spiro atoms. The van der Waals surface area contributed by atoms with Crippen molar-refractivity contribution >= 4 is 69.7 Å². The third kappa shape index (κ3) is 10.00. The average molecular weight is 699 g/mol. The van der Waals surface area contributed by atoms with Gasteiger partial charge < -0.3 is 24.2 Å². The SMILES string of the molecule is COCC(C)N(C(=O)CCl)c1c(C)csc1C.C[C@H](OC(=O)c1cc(Oc2ccc(C(F)(F)F)cc2Cl)ccc1Cl)C(=O)O. The van der Waals surface area contributed by atoms with Gasteiger partial charge in [0.2, 0.25) is 5.91 Å². The fourth-order valence-electron chi connectivity index (χ4n) is 3.78. The molecule has 8 nitrogen and oxygen atoms in total. The van der Waals surface area contributed by atoms with Crippen LogP contribution >= 0.6 is 46.1 Å². The Hall–Kier alpha value is -3.03. The van der Waals surface area contributed by atoms with Gasteiger partial charge in [-0.3, -0.25) is 4.79 Å². The van der Waals surface area contributed by atoms with Gasteiger partial charge in [0.25, 0.3) is 0 Å². The number of alkyl halides is 4. The molecule has 0 aliphatic rings. The fourth-order valence-corrected chi connectivity index (χ4v) is 5.16. The number of thiophene rings is 1. The van der Waals surface area contributed by atoms with Crippen molar-refractivity contribution in [2.75, 3.05) is 24.5 Å². The van der Waals surface area contributed by atoms with Crippen molar-refractivity contribution in [1.82, 2.24) is 0 Å². The van der Waals surface area contributed by atoms with E-state index < -0.39 is 29.8 Å². The Morgan fingerprint density at radius 3 is 2.20 bits per heavy atom. The van der Waals surface area contributed by atoms with E-state index in [2.05, 4.69) is 5.38 Å². The number of carbonyl (C=O) groups is 3. The minimum Gasteiger partial charge on any atom is -0.479 e. The second kappa shape index (κ2) is 16.3. The Morgan fingerprint density at radius 2 is 1.70 bits per heavy atom. The summed E-state index contributed by atoms with van der Waals surface area (Å²) in [5.74, 6) is -2.48. The van der Waals surface area contributed by atoms with Gasteiger partial charge in [-0.15, -0.1) is 22.9 Å². The van der Waals surface area contributed by atoms with Crippen LogP contribution in [0.4, 0.5) is 18.9 Å². The van der Waals surface area contributed by atoms with Gasteiger partial charge in [-0.05, 0) is 75.0 Å². The molecule has 0 saturated carbocycles. The maximum atomic E-state index is 12.7. The van der Waals surface area contributed by atoms with Crippen LogP contribution < -0.4 is 9.64 Å². The Kier molecular flexibility index (Phi) is 13.8. The fraction of sp³-hybridized carbons (Fsp3) is 0.345. The van der Waals surface area contributed by atoms with Crippen LogP contribution in [0.15, 0.2) is 41.8 Å². The van der Waals surface area contributed by atoms with Crippen LogP contribution in [0.2, 0.25) is 10.0 Å². The van der Waals surface area contributed by atoms with Gasteiger partial charge in [-0.1, -0.05) is 23.2 Å². The molecule has 0 bridgehead atoms. The molecule has 2 atom stereocenters. The molecule has 15 heteroatoms. The summed E-state index contributed by atoms with van der Waals surface area (Å²) in [6.07, 6.45) is -5.96. The molecule has 1 heterocycles. The van der Waals surface area contributed by atoms with Crippen molar-refractivity contribution in [2.24, 2.45) is 0 Å². The average Bonchev–Trinajstić information content (AvgIpc) is 3.27. The van der Waals surface area contributed by atoms with Crippen LogP contribution in [0.5, 0.6) is 11.5 Å². The lowest BCUT2D eigenvalue weighted by molar-refractivity contribution is -0.146. The summed E-state index contributed by atoms with van der Waals surface area (Å²) in [5, 5.41) is 10.5. The van der Waals surface area contributed by atoms with Crippen LogP contribution in [0.1, 0.15) is 40.2 Å². The number of rotatable bonds is 10. The normalized spacial score (nSPS) is 12.4. The van der Waals surface area contributed by atoms with Crippen molar-refractivity contribution in [1.29, 1.82) is 0 Å². The Labute approximate surface area is 271 Å². The topological polar surface area (TPSA) is 102 Å². The summed E-state index contributed by atoms with van der Waals surface area (Å²) in [6, 6.07) is 6.32. The first-order valence-corrected chi connectivity index (χ1v) is 14.9. The number of aliphatic carboxylic acids is 1. The largest absolute Gasteiger partial charge is 0.479 e. The molecule has 240 valence electrons. The molecule has 0 saturated heterocycles. The van der Waals surface area contributed by atoms with E-state index in [0.717, 1.165) is 41.3 Å². The number of aryl methyl sites for hydroxylation is 2. The highest BCUT2D eigenvalue weighted by atomic mass is 35.5. The highest BCUT2D eigenvalue weighted by Crippen LogP contribution is 2.37. The molecule has 3 rings (SSSR count). The Morgan fingerprint density at radius 1 is 1.05 bits per heavy atom. The zero-order chi connectivity index (χ0) is 33.4. The highest BCUT2D eigenvalue weighted by molar-refractivity contribution is 7.10. The Bertz CT molecular complexity index is 1460. The molecule has 0 aliphatic heterocycles. The number of hydrogen-bond donors (Lipinski definition) is 1. The van der Waals surface area contributed by atoms with E-state index in [-0.39, 0.29) is 44.9 Å². The molecule has 1 unspecified atom stereocenters. The zero-order valence-corrected chi connectivity index (χ0v) is 27.2. The number of amides is 1. The third-order valence-electron chi connectivity index (χ3n) is 5.87. The van der Waals surface area contributed by atoms with Crippen LogP contribution in [0.25, 0.3) is 0 Å². The standard InChI is InChI=1S/C17H11Cl2F3O5.C12H18ClNO2S/c1-8(15(23)24)26-16(25)11-7-10(3-4-12(11)18)27-14-5-2-9(6-13(14)19)17(20,21)22;1-8-7-17-10(3)12(8)14(11(15)5-13)9(2)6-16-4/h2-8H,1H3,(H,23,24);7,9H,5-6H2,1-4H3/t8-;/m0./s1. The highest BCUT2D eigenvalue weighted by Gasteiger charge is 2.31. The summed E-state index contributed by atoms with van der Waals surface area (Å²) < 4.78 is 53.2. The second-order valence-corrected chi connectivity index (χ2v) is 11.5. The monoisotopic (exact) mass is 697 g/mol. The van der Waals surface area contributed by atoms with Crippen LogP contribution in [-0.2, 0) is 25.2 Å². The van der Waals surface area contributed by atoms with Gasteiger partial charge in [0, 0.05) is 12.0 Å². The summed E-state index contributed by atoms with van der Waals surface area (Å²) in [6.45, 7) is 7.65. The summed E-state index contributed by atoms with van der Waals surface area (Å²) in [4.78, 5) is 37.6. The van der Waals surface area contributed by atoms with Crippen molar-refractivity contribution in [2.45, 2.75) is 46.0 Å². The first-order chi connectivity index (χ1) is 20.5. The van der Waals surface area contributed by atoms with Gasteiger partial charge in [0.1, 0.15) is 17.4 Å². The predicted molar refractivity (Wildman–Crippen MR) is 164 cm³/mol. The van der Waals surface area contributed by atoms with E-state index >= 15 is 0 Å². The van der Waals surface area contributed by atoms with E-state index in [1.54, 1.807) is 23.3 Å². The van der Waals surface area contributed by atoms with E-state index in [0.29, 0.717) is 12.7 Å². The van der Waals surface area contributed by atoms with E-state index in [1.165, 1.54) is 12.1 Å². The summed E-state index contributed by atoms with van der Waals surface area (Å²) >= 11 is 19.0. The van der Waals surface area contributed by atoms with E-state index in [9.17, 15) is 27.6 Å². The zero-order valence-electron chi connectivity index (χ0n) is 24.1. The minimum atomic E-state index is -4.56. The molecular formula is C29H29Cl3F3NO7S. The van der Waals surface area contributed by atoms with Gasteiger partial charge in [-0.2, -0.15) is 13.2 Å². The molecule has 44 heavy (non-hydrogen) atoms. The van der Waals surface area contributed by atoms with Crippen LogP contribution in [-0.4, -0.2) is 54.7 Å². The molecule has 0 radical (unpaired) electrons. The lowest BCUT2D eigenvalue weighted by Crippen LogP contribution is -2.42. The quantitative estimate of drug-likeness (QED) is 0.168. The number of benzene rings is 2. The first kappa shape index (κ1) is 37.2. The van der Waals surface area contributed by atoms with Gasteiger partial charge in [0.05, 0.1) is 39.5 Å². The molecule has 2 aromatic carbocycles. The van der Waals surface area contributed by atoms with Crippen molar-refractivity contribution < 1.29 is 46.9 Å². The van der Waals surface area contributed by atoms with Crippen LogP contribution in [0.3, 0.4) is 0 Å². The number of halogens is 6. The van der Waals surface area contributed by atoms with Crippen molar-refractivity contribution in [3.05, 3.63) is 73.4 Å². The van der Waals surface area contributed by atoms with E-state index in [4.69, 9.17) is 54.1 Å². The number of methoxy groups -OCH3 is 1. The lowest BCUT2D eigenvalue weighted by atomic mass is 10.2. The summed E-state index contributed by atoms with van der Waals surface area (Å²) in [5.41, 5.74) is 0.965. The molecule has 1 N–H and O–H groups in total. The summed E-state index contributed by atoms with van der Waals surface area (Å²) in [7, 11) is 1.63.